The Kier molecular flexibility index (Phi) is 4.73. The number of fused-ring (bicyclic) bond motifs is 3. The summed E-state index contributed by atoms with van der Waals surface area (Å²) in [5.41, 5.74) is -0.259. The van der Waals surface area contributed by atoms with Crippen molar-refractivity contribution < 1.29 is 18.3 Å². The van der Waals surface area contributed by atoms with Crippen LogP contribution in [0.1, 0.15) is 17.2 Å². The Morgan fingerprint density at radius 1 is 0.958 bits per heavy atom. The molecule has 0 fully saturated rings. The van der Waals surface area contributed by atoms with Gasteiger partial charge < -0.3 is 5.11 Å². The Hall–Kier alpha value is -1.01. The lowest BCUT2D eigenvalue weighted by atomic mass is 9.93. The minimum absolute atomic E-state index is 0.250. The summed E-state index contributed by atoms with van der Waals surface area (Å²) in [5.74, 6) is 0. The Morgan fingerprint density at radius 2 is 1.62 bits per heavy atom. The molecule has 0 unspecified atom stereocenters. The van der Waals surface area contributed by atoms with E-state index in [0.717, 1.165) is 12.1 Å². The molecule has 0 saturated carbocycles. The molecule has 0 aliphatic heterocycles. The molecule has 0 spiro atoms. The molecule has 0 aliphatic carbocycles. The lowest BCUT2D eigenvalue weighted by Gasteiger charge is -2.16. The molecular weight excluding hydrogens is 428 g/mol. The first-order valence-corrected chi connectivity index (χ1v) is 8.76. The maximum atomic E-state index is 13.1. The SMILES string of the molecule is O[C@@H](CBr)c1cc2c(Cl)cc(Cl)cc2c2cc(C(F)(F)F)ccc12. The van der Waals surface area contributed by atoms with Crippen LogP contribution in [-0.4, -0.2) is 10.4 Å². The van der Waals surface area contributed by atoms with Crippen LogP contribution in [0.3, 0.4) is 0 Å². The zero-order chi connectivity index (χ0) is 17.6. The number of hydrogen-bond acceptors (Lipinski definition) is 1. The van der Waals surface area contributed by atoms with E-state index in [1.807, 2.05) is 0 Å². The number of aliphatic hydroxyl groups is 1. The van der Waals surface area contributed by atoms with Crippen LogP contribution in [0.15, 0.2) is 36.4 Å². The van der Waals surface area contributed by atoms with E-state index in [-0.39, 0.29) is 5.33 Å². The second-order valence-corrected chi connectivity index (χ2v) is 6.87. The van der Waals surface area contributed by atoms with E-state index in [2.05, 4.69) is 15.9 Å². The molecule has 1 atom stereocenters. The van der Waals surface area contributed by atoms with E-state index in [4.69, 9.17) is 23.2 Å². The summed E-state index contributed by atoms with van der Waals surface area (Å²) in [5, 5.41) is 13.1. The first-order chi connectivity index (χ1) is 11.2. The largest absolute Gasteiger partial charge is 0.416 e. The number of hydrogen-bond donors (Lipinski definition) is 1. The molecule has 1 N–H and O–H groups in total. The lowest BCUT2D eigenvalue weighted by Crippen LogP contribution is -2.05. The molecule has 0 saturated heterocycles. The third-order valence-electron chi connectivity index (χ3n) is 3.85. The van der Waals surface area contributed by atoms with Crippen molar-refractivity contribution in [2.45, 2.75) is 12.3 Å². The van der Waals surface area contributed by atoms with Crippen LogP contribution in [0.25, 0.3) is 21.5 Å². The van der Waals surface area contributed by atoms with Crippen LogP contribution in [0.4, 0.5) is 13.2 Å². The van der Waals surface area contributed by atoms with Crippen molar-refractivity contribution in [2.75, 3.05) is 5.33 Å². The third kappa shape index (κ3) is 3.10. The van der Waals surface area contributed by atoms with E-state index >= 15 is 0 Å². The van der Waals surface area contributed by atoms with Crippen molar-refractivity contribution in [1.82, 2.24) is 0 Å². The van der Waals surface area contributed by atoms with Crippen LogP contribution in [0.5, 0.6) is 0 Å². The van der Waals surface area contributed by atoms with E-state index < -0.39 is 17.8 Å². The molecule has 1 nitrogen and oxygen atoms in total. The van der Waals surface area contributed by atoms with Gasteiger partial charge in [-0.05, 0) is 52.1 Å². The number of alkyl halides is 4. The molecular formula is C17H10BrCl2F3O. The van der Waals surface area contributed by atoms with Gasteiger partial charge in [-0.15, -0.1) is 0 Å². The first-order valence-electron chi connectivity index (χ1n) is 6.89. The van der Waals surface area contributed by atoms with Crippen LogP contribution in [0.2, 0.25) is 10.0 Å². The highest BCUT2D eigenvalue weighted by molar-refractivity contribution is 9.09. The zero-order valence-electron chi connectivity index (χ0n) is 12.0. The second-order valence-electron chi connectivity index (χ2n) is 5.38. The van der Waals surface area contributed by atoms with Gasteiger partial charge in [0.2, 0.25) is 0 Å². The maximum Gasteiger partial charge on any atom is 0.416 e. The fraction of sp³-hybridized carbons (Fsp3) is 0.176. The number of benzene rings is 3. The van der Waals surface area contributed by atoms with E-state index in [9.17, 15) is 18.3 Å². The molecule has 0 amide bonds. The molecule has 126 valence electrons. The van der Waals surface area contributed by atoms with Crippen molar-refractivity contribution in [1.29, 1.82) is 0 Å². The average Bonchev–Trinajstić information content (AvgIpc) is 2.52. The summed E-state index contributed by atoms with van der Waals surface area (Å²) in [6, 6.07) is 8.23. The fourth-order valence-electron chi connectivity index (χ4n) is 2.74. The summed E-state index contributed by atoms with van der Waals surface area (Å²) < 4.78 is 39.3. The summed E-state index contributed by atoms with van der Waals surface area (Å²) >= 11 is 15.4. The van der Waals surface area contributed by atoms with Gasteiger partial charge in [-0.1, -0.05) is 45.2 Å². The summed E-state index contributed by atoms with van der Waals surface area (Å²) in [7, 11) is 0. The highest BCUT2D eigenvalue weighted by Crippen LogP contribution is 2.40. The topological polar surface area (TPSA) is 20.2 Å². The van der Waals surface area contributed by atoms with Crippen LogP contribution in [-0.2, 0) is 6.18 Å². The molecule has 0 radical (unpaired) electrons. The minimum atomic E-state index is -4.47. The van der Waals surface area contributed by atoms with Gasteiger partial charge in [-0.2, -0.15) is 13.2 Å². The summed E-state index contributed by atoms with van der Waals surface area (Å²) in [6.45, 7) is 0. The predicted octanol–water partition coefficient (Wildman–Crippen LogP) is 6.75. The molecule has 0 bridgehead atoms. The summed E-state index contributed by atoms with van der Waals surface area (Å²) in [4.78, 5) is 0. The van der Waals surface area contributed by atoms with Crippen molar-refractivity contribution in [3.05, 3.63) is 57.6 Å². The van der Waals surface area contributed by atoms with Crippen molar-refractivity contribution in [2.24, 2.45) is 0 Å². The Morgan fingerprint density at radius 3 is 2.25 bits per heavy atom. The smallest absolute Gasteiger partial charge is 0.388 e. The van der Waals surface area contributed by atoms with Crippen molar-refractivity contribution in [3.63, 3.8) is 0 Å². The monoisotopic (exact) mass is 436 g/mol. The van der Waals surface area contributed by atoms with E-state index in [0.29, 0.717) is 37.2 Å². The van der Waals surface area contributed by atoms with Gasteiger partial charge in [0.15, 0.2) is 0 Å². The van der Waals surface area contributed by atoms with Gasteiger partial charge in [0.05, 0.1) is 11.7 Å². The highest BCUT2D eigenvalue weighted by atomic mass is 79.9. The molecule has 24 heavy (non-hydrogen) atoms. The second kappa shape index (κ2) is 6.37. The van der Waals surface area contributed by atoms with Gasteiger partial charge in [0, 0.05) is 20.8 Å². The van der Waals surface area contributed by atoms with Crippen LogP contribution >= 0.6 is 39.1 Å². The molecule has 0 aliphatic rings. The molecule has 3 aromatic rings. The van der Waals surface area contributed by atoms with Gasteiger partial charge in [-0.25, -0.2) is 0 Å². The normalized spacial score (nSPS) is 13.6. The van der Waals surface area contributed by atoms with Crippen molar-refractivity contribution >= 4 is 60.7 Å². The van der Waals surface area contributed by atoms with Gasteiger partial charge in [0.25, 0.3) is 0 Å². The molecule has 7 heteroatoms. The van der Waals surface area contributed by atoms with E-state index in [1.165, 1.54) is 12.1 Å². The predicted molar refractivity (Wildman–Crippen MR) is 95.2 cm³/mol. The average molecular weight is 438 g/mol. The number of halogens is 6. The van der Waals surface area contributed by atoms with Gasteiger partial charge in [-0.3, -0.25) is 0 Å². The fourth-order valence-corrected chi connectivity index (χ4v) is 3.64. The third-order valence-corrected chi connectivity index (χ3v) is 4.99. The quantitative estimate of drug-likeness (QED) is 0.347. The van der Waals surface area contributed by atoms with Gasteiger partial charge in [0.1, 0.15) is 0 Å². The zero-order valence-corrected chi connectivity index (χ0v) is 15.1. The van der Waals surface area contributed by atoms with Crippen LogP contribution in [0, 0.1) is 0 Å². The molecule has 3 aromatic carbocycles. The standard InChI is InChI=1S/C17H10BrCl2F3O/c18-7-16(24)14-6-13-12(4-9(19)5-15(13)20)11-3-8(17(21,22)23)1-2-10(11)14/h1-6,16,24H,7H2/t16-/m0/s1. The highest BCUT2D eigenvalue weighted by Gasteiger charge is 2.31. The molecule has 0 heterocycles. The van der Waals surface area contributed by atoms with Crippen molar-refractivity contribution in [3.8, 4) is 0 Å². The Balaban J connectivity index is 2.49. The Labute approximate surface area is 154 Å². The number of rotatable bonds is 2. The lowest BCUT2D eigenvalue weighted by molar-refractivity contribution is -0.137. The minimum Gasteiger partial charge on any atom is -0.388 e. The first kappa shape index (κ1) is 17.8. The molecule has 0 aromatic heterocycles. The van der Waals surface area contributed by atoms with Gasteiger partial charge >= 0.3 is 6.18 Å². The number of aliphatic hydroxyl groups excluding tert-OH is 1. The maximum absolute atomic E-state index is 13.1. The van der Waals surface area contributed by atoms with Crippen LogP contribution < -0.4 is 0 Å². The summed E-state index contributed by atoms with van der Waals surface area (Å²) in [6.07, 6.45) is -5.34. The van der Waals surface area contributed by atoms with E-state index in [1.54, 1.807) is 12.1 Å². The molecule has 3 rings (SSSR count). The Bertz CT molecular complexity index is 941.